The van der Waals surface area contributed by atoms with Crippen molar-refractivity contribution in [2.24, 2.45) is 0 Å². The van der Waals surface area contributed by atoms with Gasteiger partial charge in [-0.3, -0.25) is 0 Å². The van der Waals surface area contributed by atoms with Gasteiger partial charge in [0.15, 0.2) is 0 Å². The highest BCUT2D eigenvalue weighted by molar-refractivity contribution is 5.29. The third kappa shape index (κ3) is 5.95. The first-order valence-corrected chi connectivity index (χ1v) is 5.90. The fraction of sp³-hybridized carbons (Fsp3) is 0.538. The number of halogens is 1. The van der Waals surface area contributed by atoms with E-state index in [9.17, 15) is 4.39 Å². The summed E-state index contributed by atoms with van der Waals surface area (Å²) in [6.45, 7) is 2.56. The lowest BCUT2D eigenvalue weighted by Crippen LogP contribution is -2.10. The predicted octanol–water partition coefficient (Wildman–Crippen LogP) is 1.59. The number of rotatable bonds is 9. The molecule has 0 aliphatic heterocycles. The summed E-state index contributed by atoms with van der Waals surface area (Å²) in [6, 6.07) is 4.67. The second-order valence-electron chi connectivity index (χ2n) is 3.78. The van der Waals surface area contributed by atoms with Crippen LogP contribution in [0.15, 0.2) is 18.2 Å². The highest BCUT2D eigenvalue weighted by Crippen LogP contribution is 2.16. The summed E-state index contributed by atoms with van der Waals surface area (Å²) in [6.07, 6.45) is 0. The van der Waals surface area contributed by atoms with Gasteiger partial charge in [-0.2, -0.15) is 0 Å². The van der Waals surface area contributed by atoms with Crippen molar-refractivity contribution in [3.63, 3.8) is 0 Å². The van der Waals surface area contributed by atoms with Gasteiger partial charge in [-0.25, -0.2) is 4.39 Å². The number of methoxy groups -OCH3 is 1. The van der Waals surface area contributed by atoms with Crippen LogP contribution in [0.3, 0.4) is 0 Å². The Hall–Kier alpha value is -1.17. The molecule has 0 spiro atoms. The lowest BCUT2D eigenvalue weighted by molar-refractivity contribution is 0.0543. The highest BCUT2D eigenvalue weighted by Gasteiger charge is 2.01. The van der Waals surface area contributed by atoms with Crippen molar-refractivity contribution >= 4 is 0 Å². The Morgan fingerprint density at radius 1 is 1.11 bits per heavy atom. The van der Waals surface area contributed by atoms with Crippen LogP contribution in [0.5, 0.6) is 5.75 Å². The van der Waals surface area contributed by atoms with Crippen molar-refractivity contribution in [2.45, 2.75) is 6.54 Å². The molecule has 0 heterocycles. The van der Waals surface area contributed by atoms with Gasteiger partial charge in [-0.15, -0.1) is 0 Å². The molecule has 0 atom stereocenters. The average Bonchev–Trinajstić information content (AvgIpc) is 2.33. The molecule has 0 saturated carbocycles. The first-order valence-electron chi connectivity index (χ1n) is 5.90. The first kappa shape index (κ1) is 14.9. The predicted molar refractivity (Wildman–Crippen MR) is 67.4 cm³/mol. The molecule has 1 aromatic carbocycles. The molecule has 5 heteroatoms. The Kier molecular flexibility index (Phi) is 7.32. The van der Waals surface area contributed by atoms with Gasteiger partial charge in [-0.1, -0.05) is 0 Å². The molecule has 1 rings (SSSR count). The van der Waals surface area contributed by atoms with E-state index in [0.29, 0.717) is 38.7 Å². The molecule has 0 aliphatic carbocycles. The average molecular weight is 257 g/mol. The van der Waals surface area contributed by atoms with Crippen molar-refractivity contribution in [3.05, 3.63) is 29.6 Å². The molecule has 1 N–H and O–H groups in total. The Balaban J connectivity index is 2.32. The van der Waals surface area contributed by atoms with Gasteiger partial charge in [0, 0.05) is 19.7 Å². The summed E-state index contributed by atoms with van der Waals surface area (Å²) < 4.78 is 28.8. The van der Waals surface area contributed by atoms with Gasteiger partial charge < -0.3 is 19.5 Å². The minimum Gasteiger partial charge on any atom is -0.491 e. The van der Waals surface area contributed by atoms with Crippen LogP contribution >= 0.6 is 0 Å². The van der Waals surface area contributed by atoms with Crippen LogP contribution in [0.25, 0.3) is 0 Å². The SMILES string of the molecule is CNCc1cc(F)cc(OCCOCCOC)c1. The molecule has 0 aliphatic rings. The zero-order valence-corrected chi connectivity index (χ0v) is 10.9. The molecule has 1 aromatic rings. The fourth-order valence-electron chi connectivity index (χ4n) is 1.47. The molecule has 0 bridgehead atoms. The molecule has 0 unspecified atom stereocenters. The second-order valence-corrected chi connectivity index (χ2v) is 3.78. The van der Waals surface area contributed by atoms with Crippen molar-refractivity contribution < 1.29 is 18.6 Å². The maximum Gasteiger partial charge on any atom is 0.127 e. The normalized spacial score (nSPS) is 10.6. The van der Waals surface area contributed by atoms with Gasteiger partial charge in [0.25, 0.3) is 0 Å². The molecule has 102 valence electrons. The summed E-state index contributed by atoms with van der Waals surface area (Å²) in [5, 5.41) is 2.97. The molecular formula is C13H20FNO3. The standard InChI is InChI=1S/C13H20FNO3/c1-15-10-11-7-12(14)9-13(8-11)18-6-5-17-4-3-16-2/h7-9,15H,3-6,10H2,1-2H3. The van der Waals surface area contributed by atoms with Gasteiger partial charge in [-0.05, 0) is 24.7 Å². The minimum absolute atomic E-state index is 0.293. The molecule has 0 amide bonds. The van der Waals surface area contributed by atoms with E-state index in [0.717, 1.165) is 5.56 Å². The summed E-state index contributed by atoms with van der Waals surface area (Å²) >= 11 is 0. The van der Waals surface area contributed by atoms with Crippen LogP contribution in [0.2, 0.25) is 0 Å². The largest absolute Gasteiger partial charge is 0.491 e. The molecule has 0 aromatic heterocycles. The van der Waals surface area contributed by atoms with Crippen LogP contribution in [0.1, 0.15) is 5.56 Å². The first-order chi connectivity index (χ1) is 8.76. The Morgan fingerprint density at radius 3 is 2.61 bits per heavy atom. The van der Waals surface area contributed by atoms with E-state index in [-0.39, 0.29) is 5.82 Å². The van der Waals surface area contributed by atoms with Gasteiger partial charge in [0.1, 0.15) is 18.2 Å². The van der Waals surface area contributed by atoms with Crippen LogP contribution in [-0.4, -0.2) is 40.6 Å². The minimum atomic E-state index is -0.293. The van der Waals surface area contributed by atoms with E-state index < -0.39 is 0 Å². The lowest BCUT2D eigenvalue weighted by Gasteiger charge is -2.09. The quantitative estimate of drug-likeness (QED) is 0.682. The highest BCUT2D eigenvalue weighted by atomic mass is 19.1. The Bertz CT molecular complexity index is 347. The van der Waals surface area contributed by atoms with E-state index in [1.54, 1.807) is 7.11 Å². The summed E-state index contributed by atoms with van der Waals surface area (Å²) in [5.41, 5.74) is 0.854. The lowest BCUT2D eigenvalue weighted by atomic mass is 10.2. The smallest absolute Gasteiger partial charge is 0.127 e. The second kappa shape index (κ2) is 8.85. The number of ether oxygens (including phenoxy) is 3. The van der Waals surface area contributed by atoms with E-state index in [1.807, 2.05) is 13.1 Å². The Labute approximate surface area is 107 Å². The maximum atomic E-state index is 13.3. The third-order valence-corrected chi connectivity index (χ3v) is 2.24. The van der Waals surface area contributed by atoms with Gasteiger partial charge in [0.05, 0.1) is 19.8 Å². The van der Waals surface area contributed by atoms with Crippen LogP contribution in [0.4, 0.5) is 4.39 Å². The molecule has 0 fully saturated rings. The number of hydrogen-bond donors (Lipinski definition) is 1. The van der Waals surface area contributed by atoms with Crippen molar-refractivity contribution in [1.82, 2.24) is 5.32 Å². The third-order valence-electron chi connectivity index (χ3n) is 2.24. The summed E-state index contributed by atoms with van der Waals surface area (Å²) in [7, 11) is 3.44. The zero-order chi connectivity index (χ0) is 13.2. The van der Waals surface area contributed by atoms with Crippen LogP contribution in [0, 0.1) is 5.82 Å². The van der Waals surface area contributed by atoms with Gasteiger partial charge in [0.2, 0.25) is 0 Å². The molecule has 18 heavy (non-hydrogen) atoms. The fourth-order valence-corrected chi connectivity index (χ4v) is 1.47. The van der Waals surface area contributed by atoms with Gasteiger partial charge >= 0.3 is 0 Å². The zero-order valence-electron chi connectivity index (χ0n) is 10.9. The maximum absolute atomic E-state index is 13.3. The van der Waals surface area contributed by atoms with Crippen molar-refractivity contribution in [2.75, 3.05) is 40.6 Å². The number of hydrogen-bond acceptors (Lipinski definition) is 4. The summed E-state index contributed by atoms with van der Waals surface area (Å²) in [4.78, 5) is 0. The molecule has 4 nitrogen and oxygen atoms in total. The number of nitrogens with one attached hydrogen (secondary N) is 1. The van der Waals surface area contributed by atoms with Crippen LogP contribution in [-0.2, 0) is 16.0 Å². The van der Waals surface area contributed by atoms with E-state index >= 15 is 0 Å². The Morgan fingerprint density at radius 2 is 1.89 bits per heavy atom. The van der Waals surface area contributed by atoms with E-state index in [1.165, 1.54) is 12.1 Å². The monoisotopic (exact) mass is 257 g/mol. The number of benzene rings is 1. The van der Waals surface area contributed by atoms with E-state index in [4.69, 9.17) is 14.2 Å². The molecule has 0 saturated heterocycles. The van der Waals surface area contributed by atoms with E-state index in [2.05, 4.69) is 5.32 Å². The van der Waals surface area contributed by atoms with Crippen LogP contribution < -0.4 is 10.1 Å². The molecular weight excluding hydrogens is 237 g/mol. The van der Waals surface area contributed by atoms with Crippen molar-refractivity contribution in [3.8, 4) is 5.75 Å². The molecule has 0 radical (unpaired) electrons. The summed E-state index contributed by atoms with van der Waals surface area (Å²) in [5.74, 6) is 0.230. The topological polar surface area (TPSA) is 39.7 Å². The van der Waals surface area contributed by atoms with Crippen molar-refractivity contribution in [1.29, 1.82) is 0 Å².